The number of hydrogen-bond acceptors (Lipinski definition) is 4. The maximum atomic E-state index is 5.72. The molecule has 21 heavy (non-hydrogen) atoms. The Kier molecular flexibility index (Phi) is 4.06. The highest BCUT2D eigenvalue weighted by molar-refractivity contribution is 5.51. The average molecular weight is 285 g/mol. The minimum absolute atomic E-state index is 0.407. The van der Waals surface area contributed by atoms with Crippen molar-refractivity contribution in [2.45, 2.75) is 45.6 Å². The van der Waals surface area contributed by atoms with Crippen molar-refractivity contribution in [3.63, 3.8) is 0 Å². The largest absolute Gasteiger partial charge is 0.421 e. The Morgan fingerprint density at radius 1 is 1.24 bits per heavy atom. The Morgan fingerprint density at radius 3 is 2.76 bits per heavy atom. The van der Waals surface area contributed by atoms with E-state index in [0.29, 0.717) is 23.2 Å². The van der Waals surface area contributed by atoms with Gasteiger partial charge in [0.2, 0.25) is 11.8 Å². The van der Waals surface area contributed by atoms with Gasteiger partial charge in [0.15, 0.2) is 0 Å². The molecule has 4 nitrogen and oxygen atoms in total. The Bertz CT molecular complexity index is 577. The van der Waals surface area contributed by atoms with Gasteiger partial charge in [-0.05, 0) is 30.4 Å². The lowest BCUT2D eigenvalue weighted by Gasteiger charge is -2.27. The van der Waals surface area contributed by atoms with Crippen molar-refractivity contribution in [1.29, 1.82) is 0 Å². The van der Waals surface area contributed by atoms with Crippen molar-refractivity contribution < 1.29 is 4.42 Å². The van der Waals surface area contributed by atoms with Crippen LogP contribution in [0, 0.1) is 5.41 Å². The smallest absolute Gasteiger partial charge is 0.247 e. The van der Waals surface area contributed by atoms with E-state index in [9.17, 15) is 0 Å². The summed E-state index contributed by atoms with van der Waals surface area (Å²) in [7, 11) is 0. The second-order valence-electron chi connectivity index (χ2n) is 6.50. The van der Waals surface area contributed by atoms with Crippen LogP contribution in [0.5, 0.6) is 0 Å². The minimum atomic E-state index is 0.407. The van der Waals surface area contributed by atoms with Gasteiger partial charge < -0.3 is 9.73 Å². The molecule has 0 radical (unpaired) electrons. The lowest BCUT2D eigenvalue weighted by Crippen LogP contribution is -2.38. The molecule has 4 heteroatoms. The molecule has 1 aliphatic rings. The molecule has 112 valence electrons. The van der Waals surface area contributed by atoms with Gasteiger partial charge in [0.05, 0.1) is 0 Å². The van der Waals surface area contributed by atoms with Gasteiger partial charge >= 0.3 is 0 Å². The average Bonchev–Trinajstić information content (AvgIpc) is 3.07. The van der Waals surface area contributed by atoms with E-state index >= 15 is 0 Å². The summed E-state index contributed by atoms with van der Waals surface area (Å²) in [6, 6.07) is 10.5. The zero-order valence-corrected chi connectivity index (χ0v) is 12.8. The van der Waals surface area contributed by atoms with Crippen LogP contribution in [0.4, 0.5) is 0 Å². The van der Waals surface area contributed by atoms with Crippen LogP contribution < -0.4 is 5.32 Å². The molecule has 1 fully saturated rings. The number of nitrogens with zero attached hydrogens (tertiary/aromatic N) is 2. The first-order valence-electron chi connectivity index (χ1n) is 7.76. The Morgan fingerprint density at radius 2 is 2.05 bits per heavy atom. The number of benzene rings is 1. The fourth-order valence-electron chi connectivity index (χ4n) is 3.11. The summed E-state index contributed by atoms with van der Waals surface area (Å²) >= 11 is 0. The highest BCUT2D eigenvalue weighted by Gasteiger charge is 2.33. The second kappa shape index (κ2) is 5.98. The van der Waals surface area contributed by atoms with Crippen molar-refractivity contribution in [1.82, 2.24) is 15.5 Å². The molecule has 1 aromatic carbocycles. The van der Waals surface area contributed by atoms with Crippen LogP contribution in [0.15, 0.2) is 34.7 Å². The van der Waals surface area contributed by atoms with Gasteiger partial charge in [-0.1, -0.05) is 38.5 Å². The van der Waals surface area contributed by atoms with Crippen LogP contribution in [0.25, 0.3) is 11.5 Å². The van der Waals surface area contributed by atoms with E-state index in [1.165, 1.54) is 19.3 Å². The quantitative estimate of drug-likeness (QED) is 0.914. The molecule has 0 aliphatic heterocycles. The molecule has 0 unspecified atom stereocenters. The first-order valence-corrected chi connectivity index (χ1v) is 7.76. The van der Waals surface area contributed by atoms with Crippen LogP contribution in [0.3, 0.4) is 0 Å². The highest BCUT2D eigenvalue weighted by Crippen LogP contribution is 2.37. The summed E-state index contributed by atoms with van der Waals surface area (Å²) in [6.45, 7) is 5.58. The predicted molar refractivity (Wildman–Crippen MR) is 82.9 cm³/mol. The Hall–Kier alpha value is -1.68. The fraction of sp³-hybridized carbons (Fsp3) is 0.529. The van der Waals surface area contributed by atoms with Crippen molar-refractivity contribution in [2.24, 2.45) is 5.41 Å². The summed E-state index contributed by atoms with van der Waals surface area (Å²) < 4.78 is 5.72. The standard InChI is InChI=1S/C17H23N3O/c1-17(2)11-6-9-14(17)18-12-10-15-19-20-16(21-15)13-7-4-3-5-8-13/h3-5,7-8,14,18H,6,9-12H2,1-2H3/t14-/m1/s1. The first-order chi connectivity index (χ1) is 10.1. The van der Waals surface area contributed by atoms with Gasteiger partial charge in [-0.3, -0.25) is 0 Å². The van der Waals surface area contributed by atoms with E-state index in [1.807, 2.05) is 30.3 Å². The van der Waals surface area contributed by atoms with E-state index in [-0.39, 0.29) is 0 Å². The fourth-order valence-corrected chi connectivity index (χ4v) is 3.11. The normalized spacial score (nSPS) is 20.8. The summed E-state index contributed by atoms with van der Waals surface area (Å²) in [4.78, 5) is 0. The van der Waals surface area contributed by atoms with Gasteiger partial charge in [0.25, 0.3) is 0 Å². The third-order valence-electron chi connectivity index (χ3n) is 4.47. The summed E-state index contributed by atoms with van der Waals surface area (Å²) in [5, 5.41) is 11.9. The molecule has 1 saturated carbocycles. The number of aromatic nitrogens is 2. The zero-order chi connectivity index (χ0) is 14.7. The van der Waals surface area contributed by atoms with Gasteiger partial charge in [-0.25, -0.2) is 0 Å². The van der Waals surface area contributed by atoms with Gasteiger partial charge in [-0.15, -0.1) is 10.2 Å². The first kappa shape index (κ1) is 14.3. The van der Waals surface area contributed by atoms with Crippen molar-refractivity contribution in [3.8, 4) is 11.5 Å². The maximum absolute atomic E-state index is 5.72. The van der Waals surface area contributed by atoms with E-state index in [4.69, 9.17) is 4.42 Å². The molecule has 1 aromatic heterocycles. The van der Waals surface area contributed by atoms with E-state index in [2.05, 4.69) is 29.4 Å². The van der Waals surface area contributed by atoms with Crippen molar-refractivity contribution >= 4 is 0 Å². The SMILES string of the molecule is CC1(C)CCC[C@H]1NCCc1nnc(-c2ccccc2)o1. The van der Waals surface area contributed by atoms with Gasteiger partial charge in [0, 0.05) is 24.6 Å². The minimum Gasteiger partial charge on any atom is -0.421 e. The Labute approximate surface area is 126 Å². The molecule has 3 rings (SSSR count). The molecule has 1 heterocycles. The van der Waals surface area contributed by atoms with Gasteiger partial charge in [-0.2, -0.15) is 0 Å². The highest BCUT2D eigenvalue weighted by atomic mass is 16.4. The molecule has 1 N–H and O–H groups in total. The summed E-state index contributed by atoms with van der Waals surface area (Å²) in [5.41, 5.74) is 1.38. The monoisotopic (exact) mass is 285 g/mol. The molecule has 0 amide bonds. The van der Waals surface area contributed by atoms with Crippen LogP contribution in [-0.2, 0) is 6.42 Å². The third-order valence-corrected chi connectivity index (χ3v) is 4.47. The van der Waals surface area contributed by atoms with Crippen molar-refractivity contribution in [3.05, 3.63) is 36.2 Å². The van der Waals surface area contributed by atoms with Gasteiger partial charge in [0.1, 0.15) is 0 Å². The van der Waals surface area contributed by atoms with Crippen LogP contribution in [0.2, 0.25) is 0 Å². The molecule has 1 aliphatic carbocycles. The Balaban J connectivity index is 1.54. The molecular formula is C17H23N3O. The molecule has 0 bridgehead atoms. The van der Waals surface area contributed by atoms with Crippen LogP contribution in [-0.4, -0.2) is 22.8 Å². The second-order valence-corrected chi connectivity index (χ2v) is 6.50. The lowest BCUT2D eigenvalue weighted by molar-refractivity contribution is 0.283. The van der Waals surface area contributed by atoms with E-state index < -0.39 is 0 Å². The van der Waals surface area contributed by atoms with E-state index in [1.54, 1.807) is 0 Å². The molecular weight excluding hydrogens is 262 g/mol. The molecule has 2 aromatic rings. The van der Waals surface area contributed by atoms with Crippen molar-refractivity contribution in [2.75, 3.05) is 6.54 Å². The number of rotatable bonds is 5. The van der Waals surface area contributed by atoms with Crippen LogP contribution in [0.1, 0.15) is 39.0 Å². The predicted octanol–water partition coefficient (Wildman–Crippen LogP) is 3.45. The molecule has 0 spiro atoms. The zero-order valence-electron chi connectivity index (χ0n) is 12.8. The van der Waals surface area contributed by atoms with E-state index in [0.717, 1.165) is 18.5 Å². The van der Waals surface area contributed by atoms with Crippen LogP contribution >= 0.6 is 0 Å². The third kappa shape index (κ3) is 3.32. The topological polar surface area (TPSA) is 51.0 Å². The lowest BCUT2D eigenvalue weighted by atomic mass is 9.87. The number of nitrogens with one attached hydrogen (secondary N) is 1. The summed E-state index contributed by atoms with van der Waals surface area (Å²) in [6.07, 6.45) is 4.69. The summed E-state index contributed by atoms with van der Waals surface area (Å²) in [5.74, 6) is 1.31. The molecule has 1 atom stereocenters. The maximum Gasteiger partial charge on any atom is 0.247 e. The number of hydrogen-bond donors (Lipinski definition) is 1. The molecule has 0 saturated heterocycles.